The zero-order chi connectivity index (χ0) is 18.8. The maximum absolute atomic E-state index is 12.2. The lowest BCUT2D eigenvalue weighted by molar-refractivity contribution is 0.0929. The minimum Gasteiger partial charge on any atom is -0.503 e. The smallest absolute Gasteiger partial charge is 0.307 e. The molecular weight excluding hydrogens is 538 g/mol. The van der Waals surface area contributed by atoms with Gasteiger partial charge in [0, 0.05) is 9.86 Å². The molecule has 0 aliphatic carbocycles. The summed E-state index contributed by atoms with van der Waals surface area (Å²) < 4.78 is 12.4. The number of carbonyl (C=O) groups excluding carboxylic acids is 1. The van der Waals surface area contributed by atoms with Crippen LogP contribution in [0, 0.1) is 3.57 Å². The van der Waals surface area contributed by atoms with E-state index in [1.807, 2.05) is 12.1 Å². The number of ether oxygens (including phenoxy) is 1. The highest BCUT2D eigenvalue weighted by Crippen LogP contribution is 2.34. The molecule has 0 bridgehead atoms. The number of phenols is 1. The molecule has 134 valence electrons. The highest BCUT2D eigenvalue weighted by Gasteiger charge is 2.14. The normalized spacial score (nSPS) is 11.2. The van der Waals surface area contributed by atoms with Crippen molar-refractivity contribution in [3.63, 3.8) is 0 Å². The van der Waals surface area contributed by atoms with E-state index in [-0.39, 0.29) is 22.3 Å². The number of methoxy groups -OCH3 is 1. The number of carbonyl (C=O) groups is 1. The van der Waals surface area contributed by atoms with Gasteiger partial charge in [0.25, 0.3) is 0 Å². The number of nitrogens with one attached hydrogen (secondary N) is 1. The Morgan fingerprint density at radius 2 is 2.15 bits per heavy atom. The lowest BCUT2D eigenvalue weighted by Crippen LogP contribution is -2.16. The highest BCUT2D eigenvalue weighted by molar-refractivity contribution is 14.1. The first-order valence-electron chi connectivity index (χ1n) is 7.17. The van der Waals surface area contributed by atoms with Gasteiger partial charge >= 0.3 is 5.91 Å². The second-order valence-corrected chi connectivity index (χ2v) is 7.65. The van der Waals surface area contributed by atoms with Crippen LogP contribution in [-0.2, 0) is 0 Å². The van der Waals surface area contributed by atoms with E-state index in [0.717, 1.165) is 13.4 Å². The molecule has 1 aromatic heterocycles. The number of benzene rings is 2. The van der Waals surface area contributed by atoms with Gasteiger partial charge in [-0.25, -0.2) is 5.43 Å². The number of hydrazone groups is 1. The molecule has 9 heteroatoms. The number of nitrogens with zero attached hydrogens (tertiary/aromatic N) is 1. The molecule has 6 nitrogen and oxygen atoms in total. The summed E-state index contributed by atoms with van der Waals surface area (Å²) in [6.45, 7) is 0. The topological polar surface area (TPSA) is 84.1 Å². The summed E-state index contributed by atoms with van der Waals surface area (Å²) in [5.41, 5.74) is 3.58. The number of aromatic hydroxyl groups is 1. The molecule has 0 atom stereocenters. The molecule has 0 aliphatic rings. The first-order valence-corrected chi connectivity index (χ1v) is 9.42. The second-order valence-electron chi connectivity index (χ2n) is 5.17. The summed E-state index contributed by atoms with van der Waals surface area (Å²) in [6.07, 6.45) is 1.38. The number of furan rings is 1. The van der Waals surface area contributed by atoms with Gasteiger partial charge in [0.05, 0.1) is 21.9 Å². The monoisotopic (exact) mass is 548 g/mol. The third kappa shape index (κ3) is 3.97. The minimum absolute atomic E-state index is 0.120. The van der Waals surface area contributed by atoms with Gasteiger partial charge in [-0.2, -0.15) is 5.10 Å². The molecule has 0 fully saturated rings. The average Bonchev–Trinajstić information content (AvgIpc) is 3.02. The first kappa shape index (κ1) is 19.0. The fraction of sp³-hybridized carbons (Fsp3) is 0.0588. The zero-order valence-corrected chi connectivity index (χ0v) is 17.7. The summed E-state index contributed by atoms with van der Waals surface area (Å²) in [6, 6.07) is 8.45. The molecule has 0 spiro atoms. The van der Waals surface area contributed by atoms with Crippen LogP contribution in [0.4, 0.5) is 0 Å². The van der Waals surface area contributed by atoms with Gasteiger partial charge < -0.3 is 14.3 Å². The Balaban J connectivity index is 1.78. The van der Waals surface area contributed by atoms with Crippen LogP contribution in [0.1, 0.15) is 16.1 Å². The molecule has 3 rings (SSSR count). The molecule has 26 heavy (non-hydrogen) atoms. The number of amides is 1. The highest BCUT2D eigenvalue weighted by atomic mass is 127. The lowest BCUT2D eigenvalue weighted by atomic mass is 10.2. The summed E-state index contributed by atoms with van der Waals surface area (Å²) in [7, 11) is 1.41. The van der Waals surface area contributed by atoms with Crippen LogP contribution in [0.2, 0.25) is 5.02 Å². The van der Waals surface area contributed by atoms with Crippen molar-refractivity contribution < 1.29 is 19.1 Å². The lowest BCUT2D eigenvalue weighted by Gasteiger charge is -2.05. The number of hydrogen-bond acceptors (Lipinski definition) is 5. The maximum Gasteiger partial charge on any atom is 0.307 e. The van der Waals surface area contributed by atoms with E-state index in [9.17, 15) is 9.90 Å². The first-order chi connectivity index (χ1) is 12.4. The second kappa shape index (κ2) is 7.85. The SMILES string of the molecule is COc1cc(/C=N\NC(=O)c2cc3cc(Br)cc(I)c3o2)cc(Cl)c1O. The fourth-order valence-corrected chi connectivity index (χ4v) is 4.11. The molecule has 1 amide bonds. The van der Waals surface area contributed by atoms with Gasteiger partial charge in [-0.1, -0.05) is 27.5 Å². The van der Waals surface area contributed by atoms with Crippen molar-refractivity contribution in [3.05, 3.63) is 54.7 Å². The Labute approximate surface area is 175 Å². The van der Waals surface area contributed by atoms with Crippen molar-refractivity contribution in [2.24, 2.45) is 5.10 Å². The van der Waals surface area contributed by atoms with E-state index >= 15 is 0 Å². The number of halogens is 3. The molecule has 1 heterocycles. The number of phenolic OH excluding ortho intramolecular Hbond substituents is 1. The van der Waals surface area contributed by atoms with E-state index in [1.54, 1.807) is 6.07 Å². The molecule has 3 aromatic rings. The van der Waals surface area contributed by atoms with E-state index in [0.29, 0.717) is 11.1 Å². The van der Waals surface area contributed by atoms with Crippen LogP contribution in [0.3, 0.4) is 0 Å². The Morgan fingerprint density at radius 3 is 2.88 bits per heavy atom. The van der Waals surface area contributed by atoms with Gasteiger partial charge in [0.15, 0.2) is 17.3 Å². The molecule has 0 radical (unpaired) electrons. The van der Waals surface area contributed by atoms with E-state index in [4.69, 9.17) is 20.8 Å². The van der Waals surface area contributed by atoms with Gasteiger partial charge in [-0.05, 0) is 58.5 Å². The third-order valence-electron chi connectivity index (χ3n) is 3.41. The number of hydrogen-bond donors (Lipinski definition) is 2. The summed E-state index contributed by atoms with van der Waals surface area (Å²) in [5, 5.41) is 14.5. The van der Waals surface area contributed by atoms with E-state index < -0.39 is 5.91 Å². The number of fused-ring (bicyclic) bond motifs is 1. The van der Waals surface area contributed by atoms with Crippen molar-refractivity contribution in [2.45, 2.75) is 0 Å². The Hall–Kier alpha value is -1.78. The van der Waals surface area contributed by atoms with Crippen molar-refractivity contribution in [3.8, 4) is 11.5 Å². The van der Waals surface area contributed by atoms with E-state index in [2.05, 4.69) is 49.0 Å². The summed E-state index contributed by atoms with van der Waals surface area (Å²) in [4.78, 5) is 12.2. The maximum atomic E-state index is 12.2. The summed E-state index contributed by atoms with van der Waals surface area (Å²) in [5.74, 6) is -0.281. The molecular formula is C17H11BrClIN2O4. The van der Waals surface area contributed by atoms with Crippen molar-refractivity contribution in [1.29, 1.82) is 0 Å². The Morgan fingerprint density at radius 1 is 1.38 bits per heavy atom. The molecule has 0 unspecified atom stereocenters. The molecule has 2 N–H and O–H groups in total. The average molecular weight is 550 g/mol. The van der Waals surface area contributed by atoms with Gasteiger partial charge in [0.1, 0.15) is 5.58 Å². The van der Waals surface area contributed by atoms with Crippen molar-refractivity contribution >= 4 is 73.2 Å². The van der Waals surface area contributed by atoms with Gasteiger partial charge in [-0.3, -0.25) is 4.79 Å². The number of rotatable bonds is 4. The van der Waals surface area contributed by atoms with Crippen LogP contribution >= 0.6 is 50.1 Å². The third-order valence-corrected chi connectivity index (χ3v) is 4.96. The zero-order valence-electron chi connectivity index (χ0n) is 13.2. The van der Waals surface area contributed by atoms with E-state index in [1.165, 1.54) is 25.5 Å². The summed E-state index contributed by atoms with van der Waals surface area (Å²) >= 11 is 11.5. The molecule has 2 aromatic carbocycles. The van der Waals surface area contributed by atoms with Crippen molar-refractivity contribution in [2.75, 3.05) is 7.11 Å². The standard InChI is InChI=1S/C17H11BrClIN2O4/c1-25-13-3-8(2-11(19)15(13)23)7-21-22-17(24)14-5-9-4-10(18)6-12(20)16(9)26-14/h2-7,23H,1H3,(H,22,24)/b21-7-. The van der Waals surface area contributed by atoms with Gasteiger partial charge in [-0.15, -0.1) is 0 Å². The Kier molecular flexibility index (Phi) is 5.73. The largest absolute Gasteiger partial charge is 0.503 e. The molecule has 0 saturated heterocycles. The van der Waals surface area contributed by atoms with Crippen LogP contribution in [0.15, 0.2) is 44.3 Å². The van der Waals surface area contributed by atoms with Gasteiger partial charge in [0.2, 0.25) is 0 Å². The van der Waals surface area contributed by atoms with Crippen LogP contribution < -0.4 is 10.2 Å². The van der Waals surface area contributed by atoms with Crippen LogP contribution in [0.25, 0.3) is 11.0 Å². The Bertz CT molecular complexity index is 1040. The van der Waals surface area contributed by atoms with Crippen LogP contribution in [0.5, 0.6) is 11.5 Å². The predicted molar refractivity (Wildman–Crippen MR) is 111 cm³/mol. The quantitative estimate of drug-likeness (QED) is 0.275. The molecule has 0 saturated carbocycles. The minimum atomic E-state index is -0.485. The van der Waals surface area contributed by atoms with Crippen LogP contribution in [-0.4, -0.2) is 24.3 Å². The fourth-order valence-electron chi connectivity index (χ4n) is 2.23. The predicted octanol–water partition coefficient (Wildman–Crippen LogP) is 4.93. The molecule has 0 aliphatic heterocycles. The van der Waals surface area contributed by atoms with Crippen molar-refractivity contribution in [1.82, 2.24) is 5.43 Å².